The lowest BCUT2D eigenvalue weighted by molar-refractivity contribution is 0.0685. The Hall–Kier alpha value is -1.36. The van der Waals surface area contributed by atoms with Gasteiger partial charge in [0.25, 0.3) is 0 Å². The van der Waals surface area contributed by atoms with E-state index in [4.69, 9.17) is 14.4 Å². The summed E-state index contributed by atoms with van der Waals surface area (Å²) in [5.74, 6) is -0.559. The average molecular weight is 171 g/mol. The molecule has 0 aliphatic carbocycles. The van der Waals surface area contributed by atoms with Gasteiger partial charge in [-0.1, -0.05) is 5.16 Å². The second kappa shape index (κ2) is 3.87. The van der Waals surface area contributed by atoms with E-state index in [-0.39, 0.29) is 5.69 Å². The zero-order valence-electron chi connectivity index (χ0n) is 6.61. The molecule has 0 spiro atoms. The van der Waals surface area contributed by atoms with Crippen molar-refractivity contribution in [2.24, 2.45) is 0 Å². The Morgan fingerprint density at radius 3 is 3.08 bits per heavy atom. The predicted molar refractivity (Wildman–Crippen MR) is 39.0 cm³/mol. The van der Waals surface area contributed by atoms with Crippen LogP contribution in [-0.4, -0.2) is 29.9 Å². The van der Waals surface area contributed by atoms with Gasteiger partial charge in [0.2, 0.25) is 0 Å². The van der Waals surface area contributed by atoms with Gasteiger partial charge in [0.15, 0.2) is 5.69 Å². The second-order valence-corrected chi connectivity index (χ2v) is 2.23. The molecule has 0 unspecified atom stereocenters. The van der Waals surface area contributed by atoms with Gasteiger partial charge in [0.1, 0.15) is 5.76 Å². The number of carbonyl (C=O) groups is 1. The lowest BCUT2D eigenvalue weighted by atomic mass is 10.3. The van der Waals surface area contributed by atoms with Crippen LogP contribution in [0.1, 0.15) is 16.2 Å². The summed E-state index contributed by atoms with van der Waals surface area (Å²) in [7, 11) is 1.56. The van der Waals surface area contributed by atoms with Crippen LogP contribution in [0.5, 0.6) is 0 Å². The smallest absolute Gasteiger partial charge is 0.358 e. The van der Waals surface area contributed by atoms with Gasteiger partial charge in [-0.25, -0.2) is 4.79 Å². The molecule has 0 saturated heterocycles. The minimum absolute atomic E-state index is 0.0684. The monoisotopic (exact) mass is 171 g/mol. The summed E-state index contributed by atoms with van der Waals surface area (Å²) in [6, 6.07) is 1.39. The van der Waals surface area contributed by atoms with Gasteiger partial charge in [0, 0.05) is 19.6 Å². The molecule has 0 bridgehead atoms. The van der Waals surface area contributed by atoms with Crippen LogP contribution in [0, 0.1) is 0 Å². The van der Waals surface area contributed by atoms with E-state index in [0.29, 0.717) is 18.8 Å². The maximum atomic E-state index is 10.3. The lowest BCUT2D eigenvalue weighted by Gasteiger charge is -1.90. The molecule has 0 amide bonds. The number of ether oxygens (including phenoxy) is 1. The molecule has 1 aromatic heterocycles. The largest absolute Gasteiger partial charge is 0.476 e. The summed E-state index contributed by atoms with van der Waals surface area (Å²) in [4.78, 5) is 10.3. The lowest BCUT2D eigenvalue weighted by Crippen LogP contribution is -1.95. The molecule has 0 aliphatic heterocycles. The standard InChI is InChI=1S/C7H9NO4/c1-11-3-2-5-4-6(7(9)10)8-12-5/h4H,2-3H2,1H3,(H,9,10). The zero-order valence-corrected chi connectivity index (χ0v) is 6.61. The van der Waals surface area contributed by atoms with E-state index in [1.54, 1.807) is 7.11 Å². The molecule has 0 saturated carbocycles. The quantitative estimate of drug-likeness (QED) is 0.716. The number of hydrogen-bond donors (Lipinski definition) is 1. The number of methoxy groups -OCH3 is 1. The SMILES string of the molecule is COCCc1cc(C(=O)O)no1. The van der Waals surface area contributed by atoms with E-state index in [9.17, 15) is 4.79 Å². The fourth-order valence-corrected chi connectivity index (χ4v) is 0.734. The summed E-state index contributed by atoms with van der Waals surface area (Å²) in [6.07, 6.45) is 0.538. The van der Waals surface area contributed by atoms with E-state index in [0.717, 1.165) is 0 Å². The first-order valence-corrected chi connectivity index (χ1v) is 3.42. The Labute approximate surface area is 68.9 Å². The van der Waals surface area contributed by atoms with Gasteiger partial charge in [-0.15, -0.1) is 0 Å². The third-order valence-electron chi connectivity index (χ3n) is 1.33. The van der Waals surface area contributed by atoms with Gasteiger partial charge in [0.05, 0.1) is 6.61 Å². The summed E-state index contributed by atoms with van der Waals surface area (Å²) in [5.41, 5.74) is -0.0684. The number of aromatic carboxylic acids is 1. The predicted octanol–water partition coefficient (Wildman–Crippen LogP) is 0.562. The zero-order chi connectivity index (χ0) is 8.97. The summed E-state index contributed by atoms with van der Waals surface area (Å²) < 4.78 is 9.50. The molecule has 1 rings (SSSR count). The fourth-order valence-electron chi connectivity index (χ4n) is 0.734. The second-order valence-electron chi connectivity index (χ2n) is 2.23. The van der Waals surface area contributed by atoms with Crippen molar-refractivity contribution in [2.75, 3.05) is 13.7 Å². The summed E-state index contributed by atoms with van der Waals surface area (Å²) >= 11 is 0. The van der Waals surface area contributed by atoms with E-state index in [1.165, 1.54) is 6.07 Å². The topological polar surface area (TPSA) is 72.6 Å². The third kappa shape index (κ3) is 2.06. The van der Waals surface area contributed by atoms with E-state index in [1.807, 2.05) is 0 Å². The molecule has 0 radical (unpaired) electrons. The first kappa shape index (κ1) is 8.73. The first-order valence-electron chi connectivity index (χ1n) is 3.42. The van der Waals surface area contributed by atoms with Gasteiger partial charge < -0.3 is 14.4 Å². The Kier molecular flexibility index (Phi) is 2.82. The number of hydrogen-bond acceptors (Lipinski definition) is 4. The van der Waals surface area contributed by atoms with E-state index < -0.39 is 5.97 Å². The molecule has 0 aromatic carbocycles. The number of aromatic nitrogens is 1. The molecule has 1 heterocycles. The van der Waals surface area contributed by atoms with Crippen LogP contribution in [0.2, 0.25) is 0 Å². The first-order chi connectivity index (χ1) is 5.74. The molecular formula is C7H9NO4. The fraction of sp³-hybridized carbons (Fsp3) is 0.429. The maximum absolute atomic E-state index is 10.3. The minimum Gasteiger partial charge on any atom is -0.476 e. The van der Waals surface area contributed by atoms with E-state index in [2.05, 4.69) is 5.16 Å². The van der Waals surface area contributed by atoms with Crippen LogP contribution in [0.25, 0.3) is 0 Å². The van der Waals surface area contributed by atoms with Gasteiger partial charge in [-0.3, -0.25) is 0 Å². The van der Waals surface area contributed by atoms with Gasteiger partial charge in [-0.2, -0.15) is 0 Å². The van der Waals surface area contributed by atoms with Crippen molar-refractivity contribution in [3.8, 4) is 0 Å². The Morgan fingerprint density at radius 2 is 2.58 bits per heavy atom. The maximum Gasteiger partial charge on any atom is 0.358 e. The van der Waals surface area contributed by atoms with Crippen molar-refractivity contribution >= 4 is 5.97 Å². The minimum atomic E-state index is -1.08. The molecule has 5 heteroatoms. The van der Waals surface area contributed by atoms with Crippen LogP contribution in [-0.2, 0) is 11.2 Å². The molecule has 12 heavy (non-hydrogen) atoms. The molecule has 0 atom stereocenters. The molecule has 5 nitrogen and oxygen atoms in total. The van der Waals surface area contributed by atoms with Crippen molar-refractivity contribution in [1.82, 2.24) is 5.16 Å². The van der Waals surface area contributed by atoms with Gasteiger partial charge >= 0.3 is 5.97 Å². The molecule has 66 valence electrons. The Balaban J connectivity index is 2.58. The summed E-state index contributed by atoms with van der Waals surface area (Å²) in [6.45, 7) is 0.494. The highest BCUT2D eigenvalue weighted by Crippen LogP contribution is 2.03. The van der Waals surface area contributed by atoms with Crippen molar-refractivity contribution in [1.29, 1.82) is 0 Å². The van der Waals surface area contributed by atoms with Crippen molar-refractivity contribution in [3.63, 3.8) is 0 Å². The van der Waals surface area contributed by atoms with Crippen molar-refractivity contribution < 1.29 is 19.2 Å². The number of nitrogens with zero attached hydrogens (tertiary/aromatic N) is 1. The van der Waals surface area contributed by atoms with Crippen LogP contribution in [0.4, 0.5) is 0 Å². The third-order valence-corrected chi connectivity index (χ3v) is 1.33. The molecule has 1 N–H and O–H groups in total. The summed E-state index contributed by atoms with van der Waals surface area (Å²) in [5, 5.41) is 11.8. The number of rotatable bonds is 4. The van der Waals surface area contributed by atoms with Crippen LogP contribution in [0.15, 0.2) is 10.6 Å². The molecular weight excluding hydrogens is 162 g/mol. The number of carboxylic acids is 1. The van der Waals surface area contributed by atoms with Crippen molar-refractivity contribution in [2.45, 2.75) is 6.42 Å². The van der Waals surface area contributed by atoms with Crippen molar-refractivity contribution in [3.05, 3.63) is 17.5 Å². The highest BCUT2D eigenvalue weighted by atomic mass is 16.5. The highest BCUT2D eigenvalue weighted by Gasteiger charge is 2.09. The highest BCUT2D eigenvalue weighted by molar-refractivity contribution is 5.85. The average Bonchev–Trinajstić information content (AvgIpc) is 2.48. The normalized spacial score (nSPS) is 10.1. The Morgan fingerprint density at radius 1 is 1.83 bits per heavy atom. The van der Waals surface area contributed by atoms with Crippen LogP contribution < -0.4 is 0 Å². The molecule has 1 aromatic rings. The number of carboxylic acid groups (broad SMARTS) is 1. The van der Waals surface area contributed by atoms with Crippen LogP contribution >= 0.6 is 0 Å². The van der Waals surface area contributed by atoms with E-state index >= 15 is 0 Å². The Bertz CT molecular complexity index is 268. The van der Waals surface area contributed by atoms with Crippen LogP contribution in [0.3, 0.4) is 0 Å². The molecule has 0 aliphatic rings. The molecule has 0 fully saturated rings. The van der Waals surface area contributed by atoms with Gasteiger partial charge in [-0.05, 0) is 0 Å².